The molecule has 6 aliphatic rings. The maximum atomic E-state index is 13.4. The number of rotatable bonds is 4. The predicted octanol–water partition coefficient (Wildman–Crippen LogP) is 1.06. The van der Waals surface area contributed by atoms with Gasteiger partial charge in [-0.3, -0.25) is 9.59 Å². The van der Waals surface area contributed by atoms with Gasteiger partial charge in [-0.15, -0.1) is 0 Å². The molecule has 4 N–H and O–H groups in total. The Hall–Kier alpha value is -1.65. The number of hydrogen-bond donors (Lipinski definition) is 2. The number of nitrogens with two attached hydrogens (primary N) is 2. The molecule has 0 radical (unpaired) electrons. The number of carbonyl (C=O) groups excluding carboxylic acids is 2. The lowest BCUT2D eigenvalue weighted by Gasteiger charge is -2.62. The molecule has 6 rings (SSSR count). The molecule has 152 valence electrons. The van der Waals surface area contributed by atoms with Gasteiger partial charge >= 0.3 is 5.97 Å². The van der Waals surface area contributed by atoms with E-state index in [9.17, 15) is 14.9 Å². The molecule has 2 unspecified atom stereocenters. The van der Waals surface area contributed by atoms with Gasteiger partial charge in [0.15, 0.2) is 0 Å². The molecule has 0 spiro atoms. The molecule has 7 nitrogen and oxygen atoms in total. The van der Waals surface area contributed by atoms with Crippen molar-refractivity contribution in [1.82, 2.24) is 4.90 Å². The minimum Gasteiger partial charge on any atom is -0.458 e. The van der Waals surface area contributed by atoms with Gasteiger partial charge in [-0.05, 0) is 81.5 Å². The second-order valence-corrected chi connectivity index (χ2v) is 10.4. The summed E-state index contributed by atoms with van der Waals surface area (Å²) in [5.74, 6) is 0.949. The average Bonchev–Trinajstić information content (AvgIpc) is 3.28. The van der Waals surface area contributed by atoms with E-state index in [1.54, 1.807) is 11.8 Å². The lowest BCUT2D eigenvalue weighted by molar-refractivity contribution is -0.206. The van der Waals surface area contributed by atoms with Gasteiger partial charge in [-0.2, -0.15) is 5.26 Å². The number of piperidine rings is 1. The summed E-state index contributed by atoms with van der Waals surface area (Å²) in [5, 5.41) is 9.48. The highest BCUT2D eigenvalue weighted by atomic mass is 16.6. The molecule has 28 heavy (non-hydrogen) atoms. The zero-order valence-corrected chi connectivity index (χ0v) is 16.5. The molecule has 5 aliphatic carbocycles. The van der Waals surface area contributed by atoms with Gasteiger partial charge in [-0.1, -0.05) is 0 Å². The van der Waals surface area contributed by atoms with Crippen LogP contribution in [0, 0.1) is 34.5 Å². The molecule has 1 heterocycles. The van der Waals surface area contributed by atoms with Crippen LogP contribution in [0.3, 0.4) is 0 Å². The van der Waals surface area contributed by atoms with Crippen LogP contribution in [-0.4, -0.2) is 46.5 Å². The number of likely N-dealkylation sites (tertiary alicyclic amines) is 1. The quantitative estimate of drug-likeness (QED) is 0.697. The third-order valence-corrected chi connectivity index (χ3v) is 8.18. The number of esters is 1. The molecule has 7 heteroatoms. The molecule has 1 amide bonds. The van der Waals surface area contributed by atoms with Crippen LogP contribution in [0.2, 0.25) is 0 Å². The summed E-state index contributed by atoms with van der Waals surface area (Å²) >= 11 is 0. The highest BCUT2D eigenvalue weighted by Gasteiger charge is 2.64. The summed E-state index contributed by atoms with van der Waals surface area (Å²) < 4.78 is 5.97. The number of fused-ring (bicyclic) bond motifs is 1. The van der Waals surface area contributed by atoms with Crippen molar-refractivity contribution in [1.29, 1.82) is 5.26 Å². The number of amides is 1. The van der Waals surface area contributed by atoms with E-state index in [4.69, 9.17) is 16.2 Å². The minimum atomic E-state index is -0.646. The van der Waals surface area contributed by atoms with Gasteiger partial charge in [0.05, 0.1) is 12.1 Å². The average molecular weight is 386 g/mol. The van der Waals surface area contributed by atoms with Crippen LogP contribution in [0.5, 0.6) is 0 Å². The Morgan fingerprint density at radius 1 is 1.14 bits per heavy atom. The van der Waals surface area contributed by atoms with Crippen LogP contribution >= 0.6 is 0 Å². The highest BCUT2D eigenvalue weighted by molar-refractivity contribution is 5.84. The molecule has 1 aliphatic heterocycles. The first-order valence-electron chi connectivity index (χ1n) is 10.7. The molecule has 5 saturated carbocycles. The fraction of sp³-hybridized carbons (Fsp3) is 0.857. The van der Waals surface area contributed by atoms with E-state index in [-0.39, 0.29) is 29.4 Å². The van der Waals surface area contributed by atoms with Crippen LogP contribution in [0.1, 0.15) is 58.3 Å². The zero-order chi connectivity index (χ0) is 19.8. The molecule has 0 aromatic rings. The van der Waals surface area contributed by atoms with E-state index in [1.807, 2.05) is 0 Å². The molecule has 0 aromatic carbocycles. The third-order valence-electron chi connectivity index (χ3n) is 8.18. The van der Waals surface area contributed by atoms with Crippen LogP contribution in [0.4, 0.5) is 0 Å². The Bertz CT molecular complexity index is 745. The van der Waals surface area contributed by atoms with Crippen LogP contribution < -0.4 is 11.5 Å². The molecule has 4 bridgehead atoms. The van der Waals surface area contributed by atoms with Crippen molar-refractivity contribution < 1.29 is 14.3 Å². The summed E-state index contributed by atoms with van der Waals surface area (Å²) in [6, 6.07) is 0.905. The molecular weight excluding hydrogens is 356 g/mol. The van der Waals surface area contributed by atoms with E-state index < -0.39 is 17.7 Å². The van der Waals surface area contributed by atoms with Crippen molar-refractivity contribution in [3.05, 3.63) is 0 Å². The van der Waals surface area contributed by atoms with Gasteiger partial charge in [0.1, 0.15) is 17.7 Å². The highest BCUT2D eigenvalue weighted by Crippen LogP contribution is 2.64. The van der Waals surface area contributed by atoms with Crippen molar-refractivity contribution in [3.8, 4) is 6.07 Å². The van der Waals surface area contributed by atoms with E-state index in [0.717, 1.165) is 44.9 Å². The first-order chi connectivity index (χ1) is 13.3. The Labute approximate surface area is 165 Å². The topological polar surface area (TPSA) is 122 Å². The first-order valence-corrected chi connectivity index (χ1v) is 10.7. The second kappa shape index (κ2) is 5.93. The van der Waals surface area contributed by atoms with E-state index in [2.05, 4.69) is 6.07 Å². The Balaban J connectivity index is 1.40. The lowest BCUT2D eigenvalue weighted by atomic mass is 9.46. The zero-order valence-electron chi connectivity index (χ0n) is 16.5. The molecule has 1 saturated heterocycles. The van der Waals surface area contributed by atoms with Crippen LogP contribution in [0.15, 0.2) is 0 Å². The largest absolute Gasteiger partial charge is 0.458 e. The first kappa shape index (κ1) is 18.4. The van der Waals surface area contributed by atoms with Crippen molar-refractivity contribution in [2.75, 3.05) is 0 Å². The number of ether oxygens (including phenoxy) is 1. The van der Waals surface area contributed by atoms with Crippen LogP contribution in [-0.2, 0) is 14.3 Å². The summed E-state index contributed by atoms with van der Waals surface area (Å²) in [5.41, 5.74) is 11.6. The lowest BCUT2D eigenvalue weighted by Crippen LogP contribution is -2.66. The Morgan fingerprint density at radius 2 is 1.82 bits per heavy atom. The maximum Gasteiger partial charge on any atom is 0.323 e. The number of nitriles is 1. The summed E-state index contributed by atoms with van der Waals surface area (Å²) in [7, 11) is 0. The predicted molar refractivity (Wildman–Crippen MR) is 100 cm³/mol. The normalized spacial score (nSPS) is 47.2. The number of nitrogens with zero attached hydrogens (tertiary/aromatic N) is 2. The molecule has 6 fully saturated rings. The fourth-order valence-electron chi connectivity index (χ4n) is 7.35. The van der Waals surface area contributed by atoms with Crippen molar-refractivity contribution >= 4 is 11.9 Å². The van der Waals surface area contributed by atoms with E-state index in [1.165, 1.54) is 0 Å². The van der Waals surface area contributed by atoms with Crippen molar-refractivity contribution in [3.63, 3.8) is 0 Å². The third kappa shape index (κ3) is 2.61. The number of hydrogen-bond acceptors (Lipinski definition) is 6. The monoisotopic (exact) mass is 386 g/mol. The van der Waals surface area contributed by atoms with E-state index in [0.29, 0.717) is 24.2 Å². The van der Waals surface area contributed by atoms with Crippen molar-refractivity contribution in [2.24, 2.45) is 34.6 Å². The van der Waals surface area contributed by atoms with Crippen molar-refractivity contribution in [2.45, 2.75) is 88.1 Å². The van der Waals surface area contributed by atoms with Gasteiger partial charge < -0.3 is 21.1 Å². The molecular formula is C21H30N4O3. The SMILES string of the molecule is C[C@H](N)C(=O)OC12CC3CC(C1)CC([C@H](N)C(=O)N1[C@H](C#N)C[C@@H]4C[C@@H]41)(C3)C2. The number of carbonyl (C=O) groups is 2. The maximum absolute atomic E-state index is 13.4. The minimum absolute atomic E-state index is 0.0628. The Kier molecular flexibility index (Phi) is 3.89. The van der Waals surface area contributed by atoms with Gasteiger partial charge in [-0.25, -0.2) is 0 Å². The second-order valence-electron chi connectivity index (χ2n) is 10.4. The summed E-state index contributed by atoms with van der Waals surface area (Å²) in [4.78, 5) is 27.5. The fourth-order valence-corrected chi connectivity index (χ4v) is 7.35. The molecule has 0 aromatic heterocycles. The van der Waals surface area contributed by atoms with Crippen LogP contribution in [0.25, 0.3) is 0 Å². The summed E-state index contributed by atoms with van der Waals surface area (Å²) in [6.45, 7) is 1.65. The Morgan fingerprint density at radius 3 is 2.43 bits per heavy atom. The summed E-state index contributed by atoms with van der Waals surface area (Å²) in [6.07, 6.45) is 7.14. The van der Waals surface area contributed by atoms with Gasteiger partial charge in [0.25, 0.3) is 0 Å². The standard InChI is InChI=1S/C21H30N4O3/c1-11(23)19(27)28-21-7-12-2-13(8-21)6-20(5-12,10-21)17(24)18(26)25-15(9-22)3-14-4-16(14)25/h11-17H,2-8,10,23-24H2,1H3/t11-,12?,13?,14+,15-,16-,17+,20?,21?/m0/s1. The van der Waals surface area contributed by atoms with E-state index >= 15 is 0 Å². The van der Waals surface area contributed by atoms with Gasteiger partial charge in [0, 0.05) is 6.04 Å². The van der Waals surface area contributed by atoms with Gasteiger partial charge in [0.2, 0.25) is 5.91 Å². The smallest absolute Gasteiger partial charge is 0.323 e. The molecule has 7 atom stereocenters.